The van der Waals surface area contributed by atoms with Gasteiger partial charge in [-0.2, -0.15) is 0 Å². The van der Waals surface area contributed by atoms with Gasteiger partial charge in [-0.25, -0.2) is 4.98 Å². The summed E-state index contributed by atoms with van der Waals surface area (Å²) in [6, 6.07) is 8.00. The molecule has 0 N–H and O–H groups in total. The van der Waals surface area contributed by atoms with E-state index in [-0.39, 0.29) is 11.3 Å². The van der Waals surface area contributed by atoms with Crippen LogP contribution in [0.3, 0.4) is 0 Å². The molecule has 1 aromatic heterocycles. The number of nitrogens with zero attached hydrogens (tertiary/aromatic N) is 2. The summed E-state index contributed by atoms with van der Waals surface area (Å²) >= 11 is 7.48. The van der Waals surface area contributed by atoms with Gasteiger partial charge in [0.15, 0.2) is 0 Å². The number of hydrogen-bond acceptors (Lipinski definition) is 3. The summed E-state index contributed by atoms with van der Waals surface area (Å²) in [5.41, 5.74) is 2.40. The molecule has 5 heteroatoms. The minimum atomic E-state index is 0.159. The van der Waals surface area contributed by atoms with Gasteiger partial charge in [0.2, 0.25) is 0 Å². The number of benzene rings is 1. The van der Waals surface area contributed by atoms with E-state index in [4.69, 9.17) is 11.6 Å². The zero-order chi connectivity index (χ0) is 18.7. The standard InChI is InChI=1S/C21H25ClN2OS/c1-13-17(26-18(23-13)14-5-7-15(22)8-6-14)19(25)24-12-21(4)10-16(24)9-20(2,3)11-21/h5-8,16H,9-12H2,1-4H3. The van der Waals surface area contributed by atoms with Crippen LogP contribution in [0.4, 0.5) is 0 Å². The van der Waals surface area contributed by atoms with Crippen molar-refractivity contribution in [3.63, 3.8) is 0 Å². The molecule has 1 saturated heterocycles. The molecule has 1 aliphatic carbocycles. The molecule has 0 radical (unpaired) electrons. The van der Waals surface area contributed by atoms with Crippen LogP contribution in [0.15, 0.2) is 24.3 Å². The first kappa shape index (κ1) is 18.0. The first-order valence-corrected chi connectivity index (χ1v) is 10.4. The van der Waals surface area contributed by atoms with Gasteiger partial charge >= 0.3 is 0 Å². The quantitative estimate of drug-likeness (QED) is 0.650. The van der Waals surface area contributed by atoms with Crippen molar-refractivity contribution in [2.45, 2.75) is 53.0 Å². The molecule has 2 aromatic rings. The first-order valence-electron chi connectivity index (χ1n) is 9.20. The van der Waals surface area contributed by atoms with Gasteiger partial charge in [-0.15, -0.1) is 11.3 Å². The van der Waals surface area contributed by atoms with E-state index in [0.717, 1.165) is 40.5 Å². The number of amides is 1. The number of aromatic nitrogens is 1. The second-order valence-electron chi connectivity index (χ2n) is 9.09. The number of fused-ring (bicyclic) bond motifs is 2. The van der Waals surface area contributed by atoms with E-state index in [0.29, 0.717) is 16.5 Å². The molecule has 2 bridgehead atoms. The normalized spacial score (nSPS) is 27.0. The summed E-state index contributed by atoms with van der Waals surface area (Å²) in [5.74, 6) is 0.159. The van der Waals surface area contributed by atoms with Gasteiger partial charge in [0, 0.05) is 23.2 Å². The molecule has 2 atom stereocenters. The van der Waals surface area contributed by atoms with E-state index in [2.05, 4.69) is 30.7 Å². The Morgan fingerprint density at radius 1 is 1.23 bits per heavy atom. The van der Waals surface area contributed by atoms with Crippen molar-refractivity contribution in [2.75, 3.05) is 6.54 Å². The lowest BCUT2D eigenvalue weighted by atomic mass is 9.65. The summed E-state index contributed by atoms with van der Waals surface area (Å²) in [6.07, 6.45) is 3.41. The van der Waals surface area contributed by atoms with Crippen LogP contribution < -0.4 is 0 Å². The SMILES string of the molecule is Cc1nc(-c2ccc(Cl)cc2)sc1C(=O)N1CC2(C)CC1CC(C)(C)C2. The van der Waals surface area contributed by atoms with Crippen LogP contribution in [0.25, 0.3) is 10.6 Å². The van der Waals surface area contributed by atoms with Crippen LogP contribution in [-0.2, 0) is 0 Å². The third kappa shape index (κ3) is 3.18. The van der Waals surface area contributed by atoms with E-state index in [1.807, 2.05) is 31.2 Å². The van der Waals surface area contributed by atoms with Gasteiger partial charge in [0.1, 0.15) is 9.88 Å². The van der Waals surface area contributed by atoms with Gasteiger partial charge in [-0.3, -0.25) is 4.79 Å². The average Bonchev–Trinajstić information content (AvgIpc) is 3.04. The Labute approximate surface area is 164 Å². The third-order valence-electron chi connectivity index (χ3n) is 5.76. The van der Waals surface area contributed by atoms with E-state index in [1.165, 1.54) is 17.8 Å². The summed E-state index contributed by atoms with van der Waals surface area (Å²) in [5, 5.41) is 1.59. The largest absolute Gasteiger partial charge is 0.334 e. The predicted molar refractivity (Wildman–Crippen MR) is 108 cm³/mol. The van der Waals surface area contributed by atoms with Crippen molar-refractivity contribution in [1.29, 1.82) is 0 Å². The van der Waals surface area contributed by atoms with Crippen molar-refractivity contribution in [3.05, 3.63) is 39.9 Å². The van der Waals surface area contributed by atoms with Gasteiger partial charge in [-0.05, 0) is 49.1 Å². The molecule has 26 heavy (non-hydrogen) atoms. The maximum absolute atomic E-state index is 13.3. The number of aryl methyl sites for hydroxylation is 1. The Bertz CT molecular complexity index is 857. The molecule has 3 nitrogen and oxygen atoms in total. The molecule has 2 heterocycles. The zero-order valence-electron chi connectivity index (χ0n) is 15.8. The molecule has 2 aliphatic rings. The molecule has 1 aliphatic heterocycles. The van der Waals surface area contributed by atoms with Gasteiger partial charge in [0.05, 0.1) is 5.69 Å². The minimum absolute atomic E-state index is 0.159. The number of carbonyl (C=O) groups is 1. The fourth-order valence-corrected chi connectivity index (χ4v) is 6.29. The van der Waals surface area contributed by atoms with Gasteiger partial charge in [0.25, 0.3) is 5.91 Å². The first-order chi connectivity index (χ1) is 12.2. The number of carbonyl (C=O) groups excluding carboxylic acids is 1. The number of halogens is 1. The van der Waals surface area contributed by atoms with Crippen molar-refractivity contribution >= 4 is 28.8 Å². The van der Waals surface area contributed by atoms with Gasteiger partial charge in [-0.1, -0.05) is 44.5 Å². The molecule has 2 unspecified atom stereocenters. The molecule has 1 amide bonds. The zero-order valence-corrected chi connectivity index (χ0v) is 17.4. The van der Waals surface area contributed by atoms with Crippen LogP contribution in [0, 0.1) is 17.8 Å². The topological polar surface area (TPSA) is 33.2 Å². The minimum Gasteiger partial charge on any atom is -0.334 e. The number of hydrogen-bond donors (Lipinski definition) is 0. The Hall–Kier alpha value is -1.39. The van der Waals surface area contributed by atoms with E-state index < -0.39 is 0 Å². The maximum Gasteiger partial charge on any atom is 0.266 e. The van der Waals surface area contributed by atoms with Crippen LogP contribution in [0.2, 0.25) is 5.02 Å². The lowest BCUT2D eigenvalue weighted by Gasteiger charge is -2.39. The molecule has 1 saturated carbocycles. The molecule has 138 valence electrons. The van der Waals surface area contributed by atoms with Crippen LogP contribution in [0.5, 0.6) is 0 Å². The highest BCUT2D eigenvalue weighted by Gasteiger charge is 2.51. The highest BCUT2D eigenvalue weighted by atomic mass is 35.5. The predicted octanol–water partition coefficient (Wildman–Crippen LogP) is 5.81. The number of rotatable bonds is 2. The Morgan fingerprint density at radius 3 is 2.62 bits per heavy atom. The summed E-state index contributed by atoms with van der Waals surface area (Å²) in [7, 11) is 0. The molecule has 4 rings (SSSR count). The molecule has 2 fully saturated rings. The van der Waals surface area contributed by atoms with Gasteiger partial charge < -0.3 is 4.90 Å². The number of likely N-dealkylation sites (tertiary alicyclic amines) is 1. The van der Waals surface area contributed by atoms with Crippen molar-refractivity contribution in [2.24, 2.45) is 10.8 Å². The second-order valence-corrected chi connectivity index (χ2v) is 10.5. The lowest BCUT2D eigenvalue weighted by molar-refractivity contribution is 0.0712. The highest BCUT2D eigenvalue weighted by molar-refractivity contribution is 7.17. The maximum atomic E-state index is 13.3. The highest BCUT2D eigenvalue weighted by Crippen LogP contribution is 2.53. The molecular weight excluding hydrogens is 364 g/mol. The smallest absolute Gasteiger partial charge is 0.266 e. The van der Waals surface area contributed by atoms with Crippen LogP contribution in [-0.4, -0.2) is 28.4 Å². The summed E-state index contributed by atoms with van der Waals surface area (Å²) in [6.45, 7) is 9.82. The van der Waals surface area contributed by atoms with Crippen molar-refractivity contribution in [1.82, 2.24) is 9.88 Å². The van der Waals surface area contributed by atoms with E-state index >= 15 is 0 Å². The summed E-state index contributed by atoms with van der Waals surface area (Å²) < 4.78 is 0. The van der Waals surface area contributed by atoms with Crippen LogP contribution >= 0.6 is 22.9 Å². The average molecular weight is 389 g/mol. The Kier molecular flexibility index (Phi) is 4.20. The molecule has 0 spiro atoms. The monoisotopic (exact) mass is 388 g/mol. The Morgan fingerprint density at radius 2 is 1.92 bits per heavy atom. The summed E-state index contributed by atoms with van der Waals surface area (Å²) in [4.78, 5) is 20.9. The van der Waals surface area contributed by atoms with Crippen molar-refractivity contribution in [3.8, 4) is 10.6 Å². The van der Waals surface area contributed by atoms with Crippen molar-refractivity contribution < 1.29 is 4.79 Å². The Balaban J connectivity index is 1.62. The van der Waals surface area contributed by atoms with Crippen LogP contribution in [0.1, 0.15) is 55.4 Å². The van der Waals surface area contributed by atoms with E-state index in [9.17, 15) is 4.79 Å². The fraction of sp³-hybridized carbons (Fsp3) is 0.524. The van der Waals surface area contributed by atoms with E-state index in [1.54, 1.807) is 0 Å². The number of thiazole rings is 1. The molecule has 1 aromatic carbocycles. The second kappa shape index (κ2) is 6.07. The lowest BCUT2D eigenvalue weighted by Crippen LogP contribution is -2.37. The third-order valence-corrected chi connectivity index (χ3v) is 7.20. The molecular formula is C21H25ClN2OS. The fourth-order valence-electron chi connectivity index (χ4n) is 5.14.